The van der Waals surface area contributed by atoms with Gasteiger partial charge in [0.25, 0.3) is 0 Å². The second-order valence-corrected chi connectivity index (χ2v) is 6.72. The van der Waals surface area contributed by atoms with Gasteiger partial charge in [0.2, 0.25) is 5.91 Å². The van der Waals surface area contributed by atoms with Crippen molar-refractivity contribution in [2.45, 2.75) is 20.8 Å². The highest BCUT2D eigenvalue weighted by atomic mass is 16.2. The Morgan fingerprint density at radius 2 is 1.88 bits per heavy atom. The van der Waals surface area contributed by atoms with Gasteiger partial charge in [0.1, 0.15) is 6.54 Å². The van der Waals surface area contributed by atoms with Crippen LogP contribution in [0.4, 0.5) is 5.69 Å². The van der Waals surface area contributed by atoms with Gasteiger partial charge in [-0.15, -0.1) is 0 Å². The number of rotatable bonds is 4. The average Bonchev–Trinajstić information content (AvgIpc) is 2.60. The lowest BCUT2D eigenvalue weighted by Gasteiger charge is -2.38. The van der Waals surface area contributed by atoms with Gasteiger partial charge in [0, 0.05) is 52.5 Å². The van der Waals surface area contributed by atoms with Gasteiger partial charge in [-0.1, -0.05) is 12.1 Å². The number of benzene rings is 1. The molecule has 0 radical (unpaired) electrons. The Kier molecular flexibility index (Phi) is 6.67. The highest BCUT2D eigenvalue weighted by Gasteiger charge is 2.21. The number of guanidine groups is 1. The highest BCUT2D eigenvalue weighted by molar-refractivity contribution is 5.85. The summed E-state index contributed by atoms with van der Waals surface area (Å²) in [5, 5.41) is 3.31. The van der Waals surface area contributed by atoms with E-state index in [1.807, 2.05) is 0 Å². The topological polar surface area (TPSA) is 51.2 Å². The molecule has 0 saturated carbocycles. The van der Waals surface area contributed by atoms with Gasteiger partial charge in [0.15, 0.2) is 5.96 Å². The van der Waals surface area contributed by atoms with Crippen molar-refractivity contribution in [3.05, 3.63) is 29.3 Å². The fourth-order valence-electron chi connectivity index (χ4n) is 2.93. The van der Waals surface area contributed by atoms with Crippen LogP contribution in [-0.2, 0) is 4.79 Å². The molecule has 0 atom stereocenters. The predicted molar refractivity (Wildman–Crippen MR) is 104 cm³/mol. The minimum Gasteiger partial charge on any atom is -0.368 e. The SMILES string of the molecule is CCNC(=NCC(=O)N(C)C)N1CCN(c2cc(C)ccc2C)CC1. The number of likely N-dealkylation sites (N-methyl/N-ethyl adjacent to an activating group) is 1. The predicted octanol–water partition coefficient (Wildman–Crippen LogP) is 1.48. The van der Waals surface area contributed by atoms with Crippen molar-refractivity contribution in [1.82, 2.24) is 15.1 Å². The van der Waals surface area contributed by atoms with Crippen LogP contribution in [0.3, 0.4) is 0 Å². The maximum absolute atomic E-state index is 11.8. The van der Waals surface area contributed by atoms with Gasteiger partial charge in [-0.2, -0.15) is 0 Å². The van der Waals surface area contributed by atoms with Gasteiger partial charge in [0.05, 0.1) is 0 Å². The molecule has 1 amide bonds. The van der Waals surface area contributed by atoms with Gasteiger partial charge < -0.3 is 20.0 Å². The van der Waals surface area contributed by atoms with E-state index in [9.17, 15) is 4.79 Å². The summed E-state index contributed by atoms with van der Waals surface area (Å²) < 4.78 is 0. The normalized spacial score (nSPS) is 15.3. The summed E-state index contributed by atoms with van der Waals surface area (Å²) in [6, 6.07) is 6.61. The second-order valence-electron chi connectivity index (χ2n) is 6.72. The van der Waals surface area contributed by atoms with Gasteiger partial charge in [-0.05, 0) is 38.0 Å². The van der Waals surface area contributed by atoms with Crippen molar-refractivity contribution in [2.24, 2.45) is 4.99 Å². The highest BCUT2D eigenvalue weighted by Crippen LogP contribution is 2.22. The Bertz CT molecular complexity index is 618. The Balaban J connectivity index is 2.01. The van der Waals surface area contributed by atoms with E-state index in [4.69, 9.17) is 0 Å². The molecule has 1 aromatic carbocycles. The Morgan fingerprint density at radius 3 is 2.48 bits per heavy atom. The Morgan fingerprint density at radius 1 is 1.20 bits per heavy atom. The number of carbonyl (C=O) groups is 1. The number of piperazine rings is 1. The van der Waals surface area contributed by atoms with Crippen molar-refractivity contribution in [3.8, 4) is 0 Å². The molecule has 1 saturated heterocycles. The summed E-state index contributed by atoms with van der Waals surface area (Å²) in [6.07, 6.45) is 0. The number of amides is 1. The van der Waals surface area contributed by atoms with Gasteiger partial charge >= 0.3 is 0 Å². The number of hydrogen-bond donors (Lipinski definition) is 1. The van der Waals surface area contributed by atoms with Crippen molar-refractivity contribution < 1.29 is 4.79 Å². The first-order valence-corrected chi connectivity index (χ1v) is 8.98. The van der Waals surface area contributed by atoms with E-state index >= 15 is 0 Å². The van der Waals surface area contributed by atoms with E-state index < -0.39 is 0 Å². The fraction of sp³-hybridized carbons (Fsp3) is 0.579. The minimum absolute atomic E-state index is 0.0180. The van der Waals surface area contributed by atoms with Gasteiger partial charge in [-0.25, -0.2) is 4.99 Å². The first-order valence-electron chi connectivity index (χ1n) is 8.98. The maximum Gasteiger partial charge on any atom is 0.243 e. The van der Waals surface area contributed by atoms with Crippen LogP contribution in [-0.4, -0.2) is 75.0 Å². The van der Waals surface area contributed by atoms with E-state index in [1.165, 1.54) is 16.8 Å². The molecule has 1 N–H and O–H groups in total. The summed E-state index contributed by atoms with van der Waals surface area (Å²) in [6.45, 7) is 11.0. The fourth-order valence-corrected chi connectivity index (χ4v) is 2.93. The zero-order chi connectivity index (χ0) is 18.4. The number of hydrogen-bond acceptors (Lipinski definition) is 3. The van der Waals surface area contributed by atoms with Crippen LogP contribution in [0.15, 0.2) is 23.2 Å². The van der Waals surface area contributed by atoms with Crippen molar-refractivity contribution >= 4 is 17.6 Å². The van der Waals surface area contributed by atoms with E-state index in [0.29, 0.717) is 0 Å². The third-order valence-electron chi connectivity index (χ3n) is 4.48. The van der Waals surface area contributed by atoms with Crippen LogP contribution in [0, 0.1) is 13.8 Å². The molecule has 6 nitrogen and oxygen atoms in total. The largest absolute Gasteiger partial charge is 0.368 e. The molecular formula is C19H31N5O. The Hall–Kier alpha value is -2.24. The van der Waals surface area contributed by atoms with Crippen molar-refractivity contribution in [1.29, 1.82) is 0 Å². The number of aryl methyl sites for hydroxylation is 2. The molecule has 1 aliphatic rings. The lowest BCUT2D eigenvalue weighted by atomic mass is 10.1. The molecule has 25 heavy (non-hydrogen) atoms. The molecule has 6 heteroatoms. The molecule has 2 rings (SSSR count). The summed E-state index contributed by atoms with van der Waals surface area (Å²) in [5.41, 5.74) is 3.93. The molecule has 0 aliphatic carbocycles. The lowest BCUT2D eigenvalue weighted by molar-refractivity contribution is -0.127. The summed E-state index contributed by atoms with van der Waals surface area (Å²) in [4.78, 5) is 22.6. The smallest absolute Gasteiger partial charge is 0.243 e. The number of carbonyl (C=O) groups excluding carboxylic acids is 1. The molecule has 1 heterocycles. The molecule has 0 unspecified atom stereocenters. The van der Waals surface area contributed by atoms with Crippen LogP contribution in [0.1, 0.15) is 18.1 Å². The zero-order valence-electron chi connectivity index (χ0n) is 16.2. The Labute approximate surface area is 151 Å². The molecular weight excluding hydrogens is 314 g/mol. The average molecular weight is 345 g/mol. The molecule has 138 valence electrons. The summed E-state index contributed by atoms with van der Waals surface area (Å²) >= 11 is 0. The molecule has 0 spiro atoms. The van der Waals surface area contributed by atoms with E-state index in [2.05, 4.69) is 59.1 Å². The van der Waals surface area contributed by atoms with Crippen molar-refractivity contribution in [2.75, 3.05) is 58.3 Å². The summed E-state index contributed by atoms with van der Waals surface area (Å²) in [7, 11) is 3.52. The van der Waals surface area contributed by atoms with E-state index in [1.54, 1.807) is 19.0 Å². The third-order valence-corrected chi connectivity index (χ3v) is 4.48. The quantitative estimate of drug-likeness (QED) is 0.663. The molecule has 1 aromatic rings. The van der Waals surface area contributed by atoms with Crippen LogP contribution in [0.25, 0.3) is 0 Å². The van der Waals surface area contributed by atoms with Gasteiger partial charge in [-0.3, -0.25) is 4.79 Å². The number of nitrogens with zero attached hydrogens (tertiary/aromatic N) is 4. The van der Waals surface area contributed by atoms with E-state index in [0.717, 1.165) is 38.7 Å². The molecule has 1 fully saturated rings. The second kappa shape index (κ2) is 8.74. The maximum atomic E-state index is 11.8. The molecule has 0 bridgehead atoms. The molecule has 0 aromatic heterocycles. The monoisotopic (exact) mass is 345 g/mol. The van der Waals surface area contributed by atoms with E-state index in [-0.39, 0.29) is 12.5 Å². The minimum atomic E-state index is 0.0180. The number of anilines is 1. The zero-order valence-corrected chi connectivity index (χ0v) is 16.2. The standard InChI is InChI=1S/C19H31N5O/c1-6-20-19(21-14-18(25)22(4)5)24-11-9-23(10-12-24)17-13-15(2)7-8-16(17)3/h7-8,13H,6,9-12,14H2,1-5H3,(H,20,21). The third kappa shape index (κ3) is 5.11. The lowest BCUT2D eigenvalue weighted by Crippen LogP contribution is -2.53. The number of aliphatic imine (C=N–C) groups is 1. The first kappa shape index (κ1) is 19.1. The number of nitrogens with one attached hydrogen (secondary N) is 1. The molecule has 1 aliphatic heterocycles. The van der Waals surface area contributed by atoms with Crippen molar-refractivity contribution in [3.63, 3.8) is 0 Å². The van der Waals surface area contributed by atoms with Crippen LogP contribution in [0.5, 0.6) is 0 Å². The van der Waals surface area contributed by atoms with Crippen LogP contribution >= 0.6 is 0 Å². The van der Waals surface area contributed by atoms with Crippen LogP contribution in [0.2, 0.25) is 0 Å². The first-order chi connectivity index (χ1) is 11.9. The summed E-state index contributed by atoms with van der Waals surface area (Å²) in [5.74, 6) is 0.850. The van der Waals surface area contributed by atoms with Crippen LogP contribution < -0.4 is 10.2 Å².